The molecule has 1 aliphatic heterocycles. The van der Waals surface area contributed by atoms with Crippen molar-refractivity contribution in [2.45, 2.75) is 52.0 Å². The highest BCUT2D eigenvalue weighted by Crippen LogP contribution is 2.27. The molecule has 1 aromatic heterocycles. The van der Waals surface area contributed by atoms with E-state index in [1.165, 1.54) is 18.4 Å². The highest BCUT2D eigenvalue weighted by molar-refractivity contribution is 5.79. The Bertz CT molecular complexity index is 829. The van der Waals surface area contributed by atoms with Crippen molar-refractivity contribution in [3.05, 3.63) is 41.5 Å². The number of rotatable bonds is 10. The molecule has 1 saturated heterocycles. The average Bonchev–Trinajstić information content (AvgIpc) is 3.47. The minimum Gasteiger partial charge on any atom is -0.497 e. The number of benzene rings is 1. The van der Waals surface area contributed by atoms with E-state index in [0.717, 1.165) is 37.2 Å². The topological polar surface area (TPSA) is 87.8 Å². The van der Waals surface area contributed by atoms with Gasteiger partial charge in [-0.3, -0.25) is 9.89 Å². The van der Waals surface area contributed by atoms with Gasteiger partial charge in [0.25, 0.3) is 0 Å². The summed E-state index contributed by atoms with van der Waals surface area (Å²) in [6.45, 7) is 10.6. The van der Waals surface area contributed by atoms with Crippen molar-refractivity contribution in [2.75, 3.05) is 39.8 Å². The van der Waals surface area contributed by atoms with E-state index in [4.69, 9.17) is 14.3 Å². The van der Waals surface area contributed by atoms with Gasteiger partial charge in [0.15, 0.2) is 11.8 Å². The number of nitrogens with zero attached hydrogens (tertiary/aromatic N) is 4. The number of guanidine groups is 1. The van der Waals surface area contributed by atoms with E-state index in [1.54, 1.807) is 7.11 Å². The SMILES string of the molecule is CCNC(=NCC(c1cccc(OC)c1)N1CCCC1)NCCc1nc(C(C)C)no1. The monoisotopic (exact) mass is 428 g/mol. The molecule has 3 rings (SSSR count). The van der Waals surface area contributed by atoms with Gasteiger partial charge in [-0.1, -0.05) is 31.1 Å². The number of methoxy groups -OCH3 is 1. The Balaban J connectivity index is 1.64. The largest absolute Gasteiger partial charge is 0.497 e. The van der Waals surface area contributed by atoms with E-state index in [2.05, 4.69) is 64.6 Å². The minimum atomic E-state index is 0.234. The normalized spacial score (nSPS) is 16.0. The molecular formula is C23H36N6O2. The molecule has 1 atom stereocenters. The maximum atomic E-state index is 5.44. The number of ether oxygens (including phenoxy) is 1. The predicted molar refractivity (Wildman–Crippen MR) is 123 cm³/mol. The van der Waals surface area contributed by atoms with Crippen LogP contribution in [0.1, 0.15) is 62.9 Å². The molecule has 2 heterocycles. The molecule has 170 valence electrons. The van der Waals surface area contributed by atoms with Gasteiger partial charge < -0.3 is 19.9 Å². The fraction of sp³-hybridized carbons (Fsp3) is 0.609. The molecule has 0 radical (unpaired) electrons. The number of hydrogen-bond acceptors (Lipinski definition) is 6. The number of nitrogens with one attached hydrogen (secondary N) is 2. The van der Waals surface area contributed by atoms with Crippen LogP contribution in [0.4, 0.5) is 0 Å². The Morgan fingerprint density at radius 1 is 1.26 bits per heavy atom. The summed E-state index contributed by atoms with van der Waals surface area (Å²) in [7, 11) is 1.71. The summed E-state index contributed by atoms with van der Waals surface area (Å²) in [5.74, 6) is 3.36. The fourth-order valence-corrected chi connectivity index (χ4v) is 3.75. The van der Waals surface area contributed by atoms with Crippen molar-refractivity contribution in [1.29, 1.82) is 0 Å². The van der Waals surface area contributed by atoms with Gasteiger partial charge in [-0.2, -0.15) is 4.98 Å². The minimum absolute atomic E-state index is 0.234. The number of aliphatic imine (C=N–C) groups is 1. The number of aromatic nitrogens is 2. The molecule has 8 nitrogen and oxygen atoms in total. The summed E-state index contributed by atoms with van der Waals surface area (Å²) in [5.41, 5.74) is 1.24. The highest BCUT2D eigenvalue weighted by atomic mass is 16.5. The zero-order chi connectivity index (χ0) is 22.1. The first-order chi connectivity index (χ1) is 15.1. The van der Waals surface area contributed by atoms with Crippen LogP contribution in [0.25, 0.3) is 0 Å². The van der Waals surface area contributed by atoms with Gasteiger partial charge in [-0.25, -0.2) is 0 Å². The summed E-state index contributed by atoms with van der Waals surface area (Å²) >= 11 is 0. The molecule has 1 fully saturated rings. The van der Waals surface area contributed by atoms with Crippen molar-refractivity contribution >= 4 is 5.96 Å². The van der Waals surface area contributed by atoms with Gasteiger partial charge in [0, 0.05) is 25.4 Å². The van der Waals surface area contributed by atoms with Crippen molar-refractivity contribution < 1.29 is 9.26 Å². The van der Waals surface area contributed by atoms with E-state index in [9.17, 15) is 0 Å². The third kappa shape index (κ3) is 6.69. The molecule has 0 spiro atoms. The Labute approximate surface area is 185 Å². The van der Waals surface area contributed by atoms with Crippen LogP contribution in [-0.4, -0.2) is 60.8 Å². The zero-order valence-electron chi connectivity index (χ0n) is 19.2. The first-order valence-corrected chi connectivity index (χ1v) is 11.3. The van der Waals surface area contributed by atoms with Gasteiger partial charge >= 0.3 is 0 Å². The maximum Gasteiger partial charge on any atom is 0.228 e. The quantitative estimate of drug-likeness (QED) is 0.444. The molecule has 8 heteroatoms. The van der Waals surface area contributed by atoms with E-state index < -0.39 is 0 Å². The summed E-state index contributed by atoms with van der Waals surface area (Å²) < 4.78 is 10.8. The molecule has 1 unspecified atom stereocenters. The first-order valence-electron chi connectivity index (χ1n) is 11.3. The van der Waals surface area contributed by atoms with E-state index >= 15 is 0 Å². The van der Waals surface area contributed by atoms with Crippen LogP contribution in [0.5, 0.6) is 5.75 Å². The predicted octanol–water partition coefficient (Wildman–Crippen LogP) is 3.14. The van der Waals surface area contributed by atoms with Crippen molar-refractivity contribution in [3.63, 3.8) is 0 Å². The summed E-state index contributed by atoms with van der Waals surface area (Å²) in [6.07, 6.45) is 3.14. The molecular weight excluding hydrogens is 392 g/mol. The Kier molecular flexibility index (Phi) is 8.70. The lowest BCUT2D eigenvalue weighted by Gasteiger charge is -2.27. The number of likely N-dealkylation sites (tertiary alicyclic amines) is 1. The van der Waals surface area contributed by atoms with E-state index in [1.807, 2.05) is 6.07 Å². The van der Waals surface area contributed by atoms with Crippen LogP contribution in [-0.2, 0) is 6.42 Å². The van der Waals surface area contributed by atoms with Crippen molar-refractivity contribution in [1.82, 2.24) is 25.7 Å². The molecule has 0 aliphatic carbocycles. The van der Waals surface area contributed by atoms with Crippen LogP contribution < -0.4 is 15.4 Å². The Morgan fingerprint density at radius 3 is 2.74 bits per heavy atom. The van der Waals surface area contributed by atoms with Gasteiger partial charge in [-0.05, 0) is 50.6 Å². The standard InChI is InChI=1S/C23H36N6O2/c1-5-24-23(25-12-11-21-27-22(17(2)3)28-31-21)26-16-20(29-13-6-7-14-29)18-9-8-10-19(15-18)30-4/h8-10,15,17,20H,5-7,11-14,16H2,1-4H3,(H2,24,25,26). The molecule has 2 N–H and O–H groups in total. The van der Waals surface area contributed by atoms with Crippen molar-refractivity contribution in [3.8, 4) is 5.75 Å². The second-order valence-corrected chi connectivity index (χ2v) is 8.13. The maximum absolute atomic E-state index is 5.44. The molecule has 2 aromatic rings. The average molecular weight is 429 g/mol. The molecule has 0 saturated carbocycles. The number of hydrogen-bond donors (Lipinski definition) is 2. The van der Waals surface area contributed by atoms with E-state index in [-0.39, 0.29) is 12.0 Å². The van der Waals surface area contributed by atoms with Gasteiger partial charge in [-0.15, -0.1) is 0 Å². The lowest BCUT2D eigenvalue weighted by Crippen LogP contribution is -2.39. The van der Waals surface area contributed by atoms with E-state index in [0.29, 0.717) is 25.4 Å². The molecule has 1 aliphatic rings. The van der Waals surface area contributed by atoms with Gasteiger partial charge in [0.1, 0.15) is 5.75 Å². The van der Waals surface area contributed by atoms with Crippen LogP contribution in [0.3, 0.4) is 0 Å². The highest BCUT2D eigenvalue weighted by Gasteiger charge is 2.23. The summed E-state index contributed by atoms with van der Waals surface area (Å²) in [4.78, 5) is 11.9. The molecule has 0 bridgehead atoms. The molecule has 31 heavy (non-hydrogen) atoms. The third-order valence-electron chi connectivity index (χ3n) is 5.46. The third-order valence-corrected chi connectivity index (χ3v) is 5.46. The first kappa shape index (κ1) is 23.1. The molecule has 0 amide bonds. The smallest absolute Gasteiger partial charge is 0.228 e. The Morgan fingerprint density at radius 2 is 2.06 bits per heavy atom. The summed E-state index contributed by atoms with van der Waals surface area (Å²) in [6, 6.07) is 8.57. The fourth-order valence-electron chi connectivity index (χ4n) is 3.75. The lowest BCUT2D eigenvalue weighted by atomic mass is 10.1. The second kappa shape index (κ2) is 11.7. The van der Waals surface area contributed by atoms with Crippen LogP contribution in [0.15, 0.2) is 33.8 Å². The van der Waals surface area contributed by atoms with Gasteiger partial charge in [0.2, 0.25) is 5.89 Å². The van der Waals surface area contributed by atoms with Crippen LogP contribution >= 0.6 is 0 Å². The van der Waals surface area contributed by atoms with Crippen LogP contribution in [0, 0.1) is 0 Å². The lowest BCUT2D eigenvalue weighted by molar-refractivity contribution is 0.251. The van der Waals surface area contributed by atoms with Gasteiger partial charge in [0.05, 0.1) is 19.7 Å². The van der Waals surface area contributed by atoms with Crippen LogP contribution in [0.2, 0.25) is 0 Å². The Hall–Kier alpha value is -2.61. The molecule has 1 aromatic carbocycles. The second-order valence-electron chi connectivity index (χ2n) is 8.13. The van der Waals surface area contributed by atoms with Crippen molar-refractivity contribution in [2.24, 2.45) is 4.99 Å². The zero-order valence-corrected chi connectivity index (χ0v) is 19.2. The summed E-state index contributed by atoms with van der Waals surface area (Å²) in [5, 5.41) is 10.8.